The second-order valence-electron chi connectivity index (χ2n) is 7.29. The second kappa shape index (κ2) is 9.36. The number of alkyl carbamates (subject to hydrolysis) is 1. The highest BCUT2D eigenvalue weighted by Gasteiger charge is 2.59. The van der Waals surface area contributed by atoms with E-state index in [0.29, 0.717) is 0 Å². The summed E-state index contributed by atoms with van der Waals surface area (Å²) < 4.78 is 26.9. The predicted octanol–water partition coefficient (Wildman–Crippen LogP) is 0.961. The molecule has 1 N–H and O–H groups in total. The quantitative estimate of drug-likeness (QED) is 0.220. The first-order valence-corrected chi connectivity index (χ1v) is 9.67. The molecule has 11 nitrogen and oxygen atoms in total. The Kier molecular flexibility index (Phi) is 6.81. The van der Waals surface area contributed by atoms with E-state index in [4.69, 9.17) is 29.2 Å². The van der Waals surface area contributed by atoms with Crippen LogP contribution in [-0.4, -0.2) is 65.3 Å². The van der Waals surface area contributed by atoms with Crippen LogP contribution in [0.2, 0.25) is 0 Å². The topological polar surface area (TPSA) is 146 Å². The fourth-order valence-electron chi connectivity index (χ4n) is 3.32. The molecule has 31 heavy (non-hydrogen) atoms. The summed E-state index contributed by atoms with van der Waals surface area (Å²) in [7, 11) is 0. The first-order chi connectivity index (χ1) is 14.8. The van der Waals surface area contributed by atoms with E-state index in [1.165, 1.54) is 6.92 Å². The van der Waals surface area contributed by atoms with Crippen molar-refractivity contribution in [2.45, 2.75) is 57.7 Å². The van der Waals surface area contributed by atoms with E-state index in [-0.39, 0.29) is 13.2 Å². The Morgan fingerprint density at radius 1 is 1.16 bits per heavy atom. The molecule has 2 saturated heterocycles. The van der Waals surface area contributed by atoms with Gasteiger partial charge in [-0.15, -0.1) is 0 Å². The van der Waals surface area contributed by atoms with Crippen LogP contribution in [-0.2, 0) is 39.9 Å². The van der Waals surface area contributed by atoms with Gasteiger partial charge in [0.2, 0.25) is 0 Å². The SMILES string of the molecule is CCOC(=O)C(=[N+]=[N-])C(=O)[C@H]1O[C@@H]2OC(C)(C)O[C@@H]2[C@H]1NC(=O)OCc1ccccc1. The highest BCUT2D eigenvalue weighted by atomic mass is 16.8. The molecular formula is C20H23N3O8. The standard InChI is InChI=1S/C20H23N3O8/c1-4-27-17(25)12(23-21)14(24)15-13(16-18(29-15)31-20(2,3)30-16)22-19(26)28-10-11-8-6-5-7-9-11/h5-9,13,15-16,18H,4,10H2,1-3H3,(H,22,26)/t13-,15-,16+,18+/m0/s1. The van der Waals surface area contributed by atoms with Gasteiger partial charge < -0.3 is 34.5 Å². The van der Waals surface area contributed by atoms with Crippen LogP contribution >= 0.6 is 0 Å². The van der Waals surface area contributed by atoms with Crippen LogP contribution < -0.4 is 5.32 Å². The average molecular weight is 433 g/mol. The number of benzene rings is 1. The van der Waals surface area contributed by atoms with Gasteiger partial charge >= 0.3 is 17.8 Å². The minimum absolute atomic E-state index is 0.00197. The largest absolute Gasteiger partial charge is 0.457 e. The molecule has 0 spiro atoms. The molecule has 2 fully saturated rings. The summed E-state index contributed by atoms with van der Waals surface area (Å²) in [6, 6.07) is 7.93. The Bertz CT molecular complexity index is 897. The van der Waals surface area contributed by atoms with Gasteiger partial charge in [-0.2, -0.15) is 4.79 Å². The van der Waals surface area contributed by atoms with Crippen molar-refractivity contribution in [3.05, 3.63) is 41.4 Å². The molecule has 0 saturated carbocycles. The maximum absolute atomic E-state index is 12.8. The molecule has 3 rings (SSSR count). The number of Topliss-reactive ketones (excluding diaryl/α,β-unsaturated/α-hetero) is 1. The van der Waals surface area contributed by atoms with Crippen molar-refractivity contribution in [3.63, 3.8) is 0 Å². The Labute approximate surface area is 178 Å². The first kappa shape index (κ1) is 22.6. The third-order valence-electron chi connectivity index (χ3n) is 4.61. The summed E-state index contributed by atoms with van der Waals surface area (Å²) in [6.45, 7) is 4.80. The zero-order chi connectivity index (χ0) is 22.6. The molecule has 2 aliphatic heterocycles. The maximum atomic E-state index is 12.8. The van der Waals surface area contributed by atoms with Gasteiger partial charge in [0.05, 0.1) is 12.6 Å². The first-order valence-electron chi connectivity index (χ1n) is 9.67. The van der Waals surface area contributed by atoms with E-state index >= 15 is 0 Å². The monoisotopic (exact) mass is 433 g/mol. The van der Waals surface area contributed by atoms with Crippen LogP contribution in [0.15, 0.2) is 30.3 Å². The molecule has 2 heterocycles. The molecule has 0 aliphatic carbocycles. The number of nitrogens with zero attached hydrogens (tertiary/aromatic N) is 2. The number of rotatable bonds is 7. The summed E-state index contributed by atoms with van der Waals surface area (Å²) in [5, 5.41) is 2.54. The smallest absolute Gasteiger partial charge is 0.444 e. The molecule has 0 bridgehead atoms. The molecule has 0 aromatic heterocycles. The van der Waals surface area contributed by atoms with Gasteiger partial charge in [0.1, 0.15) is 12.7 Å². The highest BCUT2D eigenvalue weighted by Crippen LogP contribution is 2.37. The molecule has 0 unspecified atom stereocenters. The average Bonchev–Trinajstić information content (AvgIpc) is 3.20. The fourth-order valence-corrected chi connectivity index (χ4v) is 3.32. The minimum Gasteiger partial charge on any atom is -0.457 e. The maximum Gasteiger partial charge on any atom is 0.444 e. The van der Waals surface area contributed by atoms with Crippen molar-refractivity contribution in [2.75, 3.05) is 6.61 Å². The predicted molar refractivity (Wildman–Crippen MR) is 103 cm³/mol. The summed E-state index contributed by atoms with van der Waals surface area (Å²) >= 11 is 0. The third kappa shape index (κ3) is 5.15. The summed E-state index contributed by atoms with van der Waals surface area (Å²) in [5.74, 6) is -3.14. The van der Waals surface area contributed by atoms with Crippen LogP contribution in [0.1, 0.15) is 26.3 Å². The normalized spacial score (nSPS) is 25.8. The van der Waals surface area contributed by atoms with Gasteiger partial charge in [-0.25, -0.2) is 9.59 Å². The molecule has 2 aliphatic rings. The Morgan fingerprint density at radius 3 is 2.52 bits per heavy atom. The molecule has 11 heteroatoms. The zero-order valence-corrected chi connectivity index (χ0v) is 17.3. The summed E-state index contributed by atoms with van der Waals surface area (Å²) in [5.41, 5.74) is 9.06. The summed E-state index contributed by atoms with van der Waals surface area (Å²) in [6.07, 6.45) is -4.12. The van der Waals surface area contributed by atoms with Crippen LogP contribution in [0.25, 0.3) is 5.53 Å². The van der Waals surface area contributed by atoms with Crippen molar-refractivity contribution in [1.29, 1.82) is 0 Å². The molecule has 4 atom stereocenters. The Balaban J connectivity index is 1.75. The van der Waals surface area contributed by atoms with E-state index in [9.17, 15) is 14.4 Å². The number of hydrogen-bond acceptors (Lipinski definition) is 8. The van der Waals surface area contributed by atoms with E-state index in [0.717, 1.165) is 5.56 Å². The number of ether oxygens (including phenoxy) is 5. The fraction of sp³-hybridized carbons (Fsp3) is 0.500. The van der Waals surface area contributed by atoms with Gasteiger partial charge in [-0.05, 0) is 26.3 Å². The van der Waals surface area contributed by atoms with Crippen molar-refractivity contribution >= 4 is 23.6 Å². The van der Waals surface area contributed by atoms with Crippen molar-refractivity contribution in [3.8, 4) is 0 Å². The van der Waals surface area contributed by atoms with Crippen LogP contribution in [0.5, 0.6) is 0 Å². The van der Waals surface area contributed by atoms with E-state index < -0.39 is 53.9 Å². The lowest BCUT2D eigenvalue weighted by Gasteiger charge is -2.24. The van der Waals surface area contributed by atoms with E-state index in [2.05, 4.69) is 10.1 Å². The molecule has 1 aromatic carbocycles. The number of nitrogens with one attached hydrogen (secondary N) is 1. The van der Waals surface area contributed by atoms with E-state index in [1.807, 2.05) is 6.07 Å². The van der Waals surface area contributed by atoms with E-state index in [1.54, 1.807) is 38.1 Å². The number of carbonyl (C=O) groups excluding carboxylic acids is 3. The number of ketones is 1. The molecule has 166 valence electrons. The van der Waals surface area contributed by atoms with Gasteiger partial charge in [-0.1, -0.05) is 30.3 Å². The molecule has 0 radical (unpaired) electrons. The molecule has 1 aromatic rings. The second-order valence-corrected chi connectivity index (χ2v) is 7.29. The number of carbonyl (C=O) groups is 3. The number of fused-ring (bicyclic) bond motifs is 1. The zero-order valence-electron chi connectivity index (χ0n) is 17.3. The molecule has 1 amide bonds. The molecular weight excluding hydrogens is 410 g/mol. The van der Waals surface area contributed by atoms with Crippen molar-refractivity contribution < 1.29 is 42.9 Å². The van der Waals surface area contributed by atoms with Crippen molar-refractivity contribution in [1.82, 2.24) is 5.32 Å². The number of hydrogen-bond donors (Lipinski definition) is 1. The lowest BCUT2D eigenvalue weighted by atomic mass is 10.0. The lowest BCUT2D eigenvalue weighted by molar-refractivity contribution is -0.206. The van der Waals surface area contributed by atoms with Gasteiger partial charge in [-0.3, -0.25) is 4.79 Å². The van der Waals surface area contributed by atoms with Crippen LogP contribution in [0.4, 0.5) is 4.79 Å². The Hall–Kier alpha value is -3.11. The number of esters is 1. The van der Waals surface area contributed by atoms with Gasteiger partial charge in [0.25, 0.3) is 5.78 Å². The highest BCUT2D eigenvalue weighted by molar-refractivity contribution is 6.63. The van der Waals surface area contributed by atoms with Gasteiger partial charge in [0, 0.05) is 0 Å². The number of amides is 1. The minimum atomic E-state index is -1.43. The summed E-state index contributed by atoms with van der Waals surface area (Å²) in [4.78, 5) is 39.9. The van der Waals surface area contributed by atoms with Crippen LogP contribution in [0, 0.1) is 0 Å². The van der Waals surface area contributed by atoms with Gasteiger partial charge in [0.15, 0.2) is 18.2 Å². The lowest BCUT2D eigenvalue weighted by Crippen LogP contribution is -2.53. The van der Waals surface area contributed by atoms with Crippen LogP contribution in [0.3, 0.4) is 0 Å². The Morgan fingerprint density at radius 2 is 1.87 bits per heavy atom. The third-order valence-corrected chi connectivity index (χ3v) is 4.61. The van der Waals surface area contributed by atoms with Crippen molar-refractivity contribution in [2.24, 2.45) is 0 Å².